The largest absolute Gasteiger partial charge is 0.234 e. The maximum absolute atomic E-state index is 12.8. The van der Waals surface area contributed by atoms with E-state index >= 15 is 0 Å². The summed E-state index contributed by atoms with van der Waals surface area (Å²) in [6, 6.07) is 3.12. The highest BCUT2D eigenvalue weighted by Crippen LogP contribution is 2.09. The molecule has 1 rings (SSSR count). The fourth-order valence-electron chi connectivity index (χ4n) is 0.851. The normalized spacial score (nSPS) is 9.17. The van der Waals surface area contributed by atoms with Gasteiger partial charge in [-0.2, -0.15) is 0 Å². The summed E-state index contributed by atoms with van der Waals surface area (Å²) >= 11 is 0. The van der Waals surface area contributed by atoms with E-state index in [1.54, 1.807) is 0 Å². The minimum atomic E-state index is -0.511. The molecule has 0 amide bonds. The number of carbonyl (C=O) groups excluding carboxylic acids is 1. The highest BCUT2D eigenvalue weighted by Gasteiger charge is 2.01. The number of hydrogen-bond donors (Lipinski definition) is 0. The van der Waals surface area contributed by atoms with Crippen LogP contribution in [0.25, 0.3) is 0 Å². The summed E-state index contributed by atoms with van der Waals surface area (Å²) in [4.78, 5) is 9.78. The van der Waals surface area contributed by atoms with Gasteiger partial charge in [-0.25, -0.2) is 13.6 Å². The first-order chi connectivity index (χ1) is 5.74. The van der Waals surface area contributed by atoms with Crippen LogP contribution in [-0.4, -0.2) is 5.94 Å². The van der Waals surface area contributed by atoms with Gasteiger partial charge in [-0.1, -0.05) is 0 Å². The maximum Gasteiger partial charge on any atom is 0.126 e. The SMILES string of the molecule is O=C=CCc1cc(F)ccc1F. The molecule has 0 heterocycles. The highest BCUT2D eigenvalue weighted by molar-refractivity contribution is 5.46. The van der Waals surface area contributed by atoms with Crippen LogP contribution in [0.15, 0.2) is 24.3 Å². The zero-order valence-electron chi connectivity index (χ0n) is 6.18. The Kier molecular flexibility index (Phi) is 2.72. The molecule has 0 unspecified atom stereocenters. The summed E-state index contributed by atoms with van der Waals surface area (Å²) in [5.41, 5.74) is 0.165. The van der Waals surface area contributed by atoms with E-state index in [-0.39, 0.29) is 12.0 Å². The van der Waals surface area contributed by atoms with Gasteiger partial charge in [0.2, 0.25) is 0 Å². The Hall–Kier alpha value is -1.47. The first-order valence-electron chi connectivity index (χ1n) is 3.37. The summed E-state index contributed by atoms with van der Waals surface area (Å²) in [5, 5.41) is 0. The van der Waals surface area contributed by atoms with E-state index in [0.717, 1.165) is 24.3 Å². The van der Waals surface area contributed by atoms with Crippen molar-refractivity contribution in [2.45, 2.75) is 6.42 Å². The molecular weight excluding hydrogens is 162 g/mol. The third-order valence-electron chi connectivity index (χ3n) is 1.41. The molecule has 0 radical (unpaired) electrons. The van der Waals surface area contributed by atoms with Crippen molar-refractivity contribution < 1.29 is 13.6 Å². The zero-order chi connectivity index (χ0) is 8.97. The molecule has 0 fully saturated rings. The molecule has 0 aromatic heterocycles. The summed E-state index contributed by atoms with van der Waals surface area (Å²) in [6.45, 7) is 0. The van der Waals surface area contributed by atoms with Gasteiger partial charge in [0, 0.05) is 12.5 Å². The van der Waals surface area contributed by atoms with E-state index < -0.39 is 11.6 Å². The monoisotopic (exact) mass is 168 g/mol. The van der Waals surface area contributed by atoms with Crippen LogP contribution in [0.2, 0.25) is 0 Å². The average Bonchev–Trinajstić information content (AvgIpc) is 2.07. The minimum Gasteiger partial charge on any atom is -0.234 e. The van der Waals surface area contributed by atoms with Crippen molar-refractivity contribution in [1.29, 1.82) is 0 Å². The second kappa shape index (κ2) is 3.79. The van der Waals surface area contributed by atoms with Crippen LogP contribution in [0.3, 0.4) is 0 Å². The Bertz CT molecular complexity index is 327. The Morgan fingerprint density at radius 1 is 1.42 bits per heavy atom. The molecule has 0 aliphatic carbocycles. The molecule has 62 valence electrons. The smallest absolute Gasteiger partial charge is 0.126 e. The number of hydrogen-bond acceptors (Lipinski definition) is 1. The van der Waals surface area contributed by atoms with Crippen molar-refractivity contribution in [3.05, 3.63) is 41.5 Å². The van der Waals surface area contributed by atoms with Crippen LogP contribution in [0.5, 0.6) is 0 Å². The number of allylic oxidation sites excluding steroid dienone is 1. The second-order valence-corrected chi connectivity index (χ2v) is 2.26. The van der Waals surface area contributed by atoms with Crippen molar-refractivity contribution in [1.82, 2.24) is 0 Å². The molecule has 0 saturated heterocycles. The lowest BCUT2D eigenvalue weighted by atomic mass is 10.1. The van der Waals surface area contributed by atoms with Gasteiger partial charge in [0.25, 0.3) is 0 Å². The van der Waals surface area contributed by atoms with Gasteiger partial charge in [-0.15, -0.1) is 0 Å². The second-order valence-electron chi connectivity index (χ2n) is 2.26. The lowest BCUT2D eigenvalue weighted by molar-refractivity contribution is 0.567. The van der Waals surface area contributed by atoms with Crippen LogP contribution in [-0.2, 0) is 11.2 Å². The van der Waals surface area contributed by atoms with Crippen molar-refractivity contribution >= 4 is 5.94 Å². The predicted molar refractivity (Wildman–Crippen MR) is 40.3 cm³/mol. The molecule has 0 atom stereocenters. The van der Waals surface area contributed by atoms with Crippen LogP contribution < -0.4 is 0 Å². The molecule has 3 heteroatoms. The molecule has 1 nitrogen and oxygen atoms in total. The van der Waals surface area contributed by atoms with Crippen molar-refractivity contribution in [3.63, 3.8) is 0 Å². The highest BCUT2D eigenvalue weighted by atomic mass is 19.1. The Morgan fingerprint density at radius 2 is 2.17 bits per heavy atom. The van der Waals surface area contributed by atoms with E-state index in [1.807, 2.05) is 0 Å². The Morgan fingerprint density at radius 3 is 2.83 bits per heavy atom. The molecule has 0 aliphatic rings. The van der Waals surface area contributed by atoms with Gasteiger partial charge < -0.3 is 0 Å². The zero-order valence-corrected chi connectivity index (χ0v) is 6.18. The van der Waals surface area contributed by atoms with Crippen LogP contribution in [0.4, 0.5) is 8.78 Å². The number of benzene rings is 1. The Balaban J connectivity index is 2.96. The molecule has 0 aliphatic heterocycles. The van der Waals surface area contributed by atoms with Gasteiger partial charge in [-0.3, -0.25) is 0 Å². The van der Waals surface area contributed by atoms with Crippen LogP contribution in [0.1, 0.15) is 5.56 Å². The van der Waals surface area contributed by atoms with E-state index in [1.165, 1.54) is 5.94 Å². The molecule has 0 saturated carbocycles. The molecule has 1 aromatic rings. The third kappa shape index (κ3) is 2.01. The summed E-state index contributed by atoms with van der Waals surface area (Å²) in [6.07, 6.45) is 1.19. The van der Waals surface area contributed by atoms with Gasteiger partial charge in [0.05, 0.1) is 0 Å². The molecule has 0 spiro atoms. The van der Waals surface area contributed by atoms with Crippen molar-refractivity contribution in [2.24, 2.45) is 0 Å². The average molecular weight is 168 g/mol. The third-order valence-corrected chi connectivity index (χ3v) is 1.41. The lowest BCUT2D eigenvalue weighted by Crippen LogP contribution is -1.89. The van der Waals surface area contributed by atoms with Crippen molar-refractivity contribution in [3.8, 4) is 0 Å². The summed E-state index contributed by atoms with van der Waals surface area (Å²) in [7, 11) is 0. The van der Waals surface area contributed by atoms with Gasteiger partial charge >= 0.3 is 0 Å². The molecule has 0 N–H and O–H groups in total. The predicted octanol–water partition coefficient (Wildman–Crippen LogP) is 1.90. The Labute approximate surface area is 68.3 Å². The molecule has 12 heavy (non-hydrogen) atoms. The maximum atomic E-state index is 12.8. The van der Waals surface area contributed by atoms with E-state index in [4.69, 9.17) is 0 Å². The van der Waals surface area contributed by atoms with E-state index in [2.05, 4.69) is 0 Å². The van der Waals surface area contributed by atoms with E-state index in [9.17, 15) is 13.6 Å². The fourth-order valence-corrected chi connectivity index (χ4v) is 0.851. The topological polar surface area (TPSA) is 17.1 Å². The first-order valence-corrected chi connectivity index (χ1v) is 3.37. The number of halogens is 2. The van der Waals surface area contributed by atoms with Crippen molar-refractivity contribution in [2.75, 3.05) is 0 Å². The van der Waals surface area contributed by atoms with Crippen LogP contribution in [0, 0.1) is 11.6 Å². The van der Waals surface area contributed by atoms with E-state index in [0.29, 0.717) is 0 Å². The first kappa shape index (κ1) is 8.62. The van der Waals surface area contributed by atoms with Gasteiger partial charge in [0.1, 0.15) is 17.6 Å². The van der Waals surface area contributed by atoms with Crippen LogP contribution >= 0.6 is 0 Å². The fraction of sp³-hybridized carbons (Fsp3) is 0.111. The minimum absolute atomic E-state index is 0.0765. The lowest BCUT2D eigenvalue weighted by Gasteiger charge is -1.97. The number of rotatable bonds is 2. The van der Waals surface area contributed by atoms with Gasteiger partial charge in [-0.05, 0) is 23.8 Å². The summed E-state index contributed by atoms with van der Waals surface area (Å²) < 4.78 is 25.3. The molecule has 1 aromatic carbocycles. The van der Waals surface area contributed by atoms with Gasteiger partial charge in [0.15, 0.2) is 0 Å². The molecule has 0 bridgehead atoms. The quantitative estimate of drug-likeness (QED) is 0.616. The summed E-state index contributed by atoms with van der Waals surface area (Å²) in [5.74, 6) is 0.479. The standard InChI is InChI=1S/C9H6F2O/c10-8-3-4-9(11)7(6-8)2-1-5-12/h1,3-4,6H,2H2. The molecular formula is C9H6F2O.